The van der Waals surface area contributed by atoms with E-state index in [0.717, 1.165) is 0 Å². The van der Waals surface area contributed by atoms with E-state index >= 15 is 0 Å². The second-order valence-corrected chi connectivity index (χ2v) is 5.02. The van der Waals surface area contributed by atoms with Gasteiger partial charge >= 0.3 is 0 Å². The molecule has 106 valence electrons. The summed E-state index contributed by atoms with van der Waals surface area (Å²) < 4.78 is 5.15. The van der Waals surface area contributed by atoms with Gasteiger partial charge in [0.05, 0.1) is 18.4 Å². The molecule has 1 aliphatic rings. The third-order valence-electron chi connectivity index (χ3n) is 3.65. The van der Waals surface area contributed by atoms with Crippen LogP contribution in [0.15, 0.2) is 22.6 Å². The van der Waals surface area contributed by atoms with Crippen molar-refractivity contribution in [1.82, 2.24) is 0 Å². The summed E-state index contributed by atoms with van der Waals surface area (Å²) in [4.78, 5) is 24.4. The van der Waals surface area contributed by atoms with Crippen LogP contribution < -0.4 is 5.73 Å². The molecule has 5 heteroatoms. The van der Waals surface area contributed by atoms with Gasteiger partial charge in [0.15, 0.2) is 17.2 Å². The zero-order valence-electron chi connectivity index (χ0n) is 12.0. The monoisotopic (exact) mass is 267 g/mol. The van der Waals surface area contributed by atoms with Gasteiger partial charge in [-0.3, -0.25) is 9.59 Å². The van der Waals surface area contributed by atoms with Crippen LogP contribution >= 0.6 is 0 Å². The summed E-state index contributed by atoms with van der Waals surface area (Å²) in [5, 5.41) is 10.2. The molecule has 5 nitrogen and oxygen atoms in total. The Hall–Kier alpha value is -1.62. The van der Waals surface area contributed by atoms with Crippen LogP contribution in [0.5, 0.6) is 0 Å². The smallest absolute Gasteiger partial charge is 0.199 e. The lowest BCUT2D eigenvalue weighted by molar-refractivity contribution is -0.129. The lowest BCUT2D eigenvalue weighted by Gasteiger charge is -2.31. The number of ether oxygens (including phenoxy) is 1. The standard InChI is InChI=1S/C14H21NO4/c1-6-7(2)10(16)9-11(19-5)8(3)13(17)14(4,18)12(9)15/h7,18H,6,15H2,1-5H3/t7-,14-/m1/s1. The molecule has 1 aliphatic carbocycles. The van der Waals surface area contributed by atoms with E-state index < -0.39 is 11.4 Å². The van der Waals surface area contributed by atoms with Gasteiger partial charge in [-0.25, -0.2) is 0 Å². The molecular formula is C14H21NO4. The quantitative estimate of drug-likeness (QED) is 0.795. The van der Waals surface area contributed by atoms with Crippen molar-refractivity contribution in [2.75, 3.05) is 7.11 Å². The fourth-order valence-corrected chi connectivity index (χ4v) is 2.08. The number of aliphatic hydroxyl groups is 1. The molecule has 19 heavy (non-hydrogen) atoms. The Balaban J connectivity index is 3.51. The highest BCUT2D eigenvalue weighted by molar-refractivity contribution is 6.12. The number of carbonyl (C=O) groups excluding carboxylic acids is 2. The van der Waals surface area contributed by atoms with Crippen LogP contribution in [-0.2, 0) is 14.3 Å². The highest BCUT2D eigenvalue weighted by Gasteiger charge is 2.44. The molecule has 1 rings (SSSR count). The number of ketones is 2. The molecule has 0 aromatic carbocycles. The van der Waals surface area contributed by atoms with E-state index in [9.17, 15) is 14.7 Å². The molecule has 0 saturated carbocycles. The Morgan fingerprint density at radius 3 is 2.47 bits per heavy atom. The van der Waals surface area contributed by atoms with Gasteiger partial charge in [0, 0.05) is 11.5 Å². The van der Waals surface area contributed by atoms with Crippen LogP contribution in [0.3, 0.4) is 0 Å². The van der Waals surface area contributed by atoms with E-state index in [0.29, 0.717) is 6.42 Å². The molecule has 0 heterocycles. The van der Waals surface area contributed by atoms with Crippen molar-refractivity contribution in [3.8, 4) is 0 Å². The Kier molecular flexibility index (Phi) is 4.20. The zero-order valence-corrected chi connectivity index (χ0v) is 12.0. The Morgan fingerprint density at radius 2 is 2.05 bits per heavy atom. The second-order valence-electron chi connectivity index (χ2n) is 5.02. The first kappa shape index (κ1) is 15.4. The van der Waals surface area contributed by atoms with Crippen molar-refractivity contribution in [2.24, 2.45) is 11.7 Å². The molecule has 0 amide bonds. The average Bonchev–Trinajstić information content (AvgIpc) is 2.39. The van der Waals surface area contributed by atoms with E-state index in [1.54, 1.807) is 6.92 Å². The van der Waals surface area contributed by atoms with Crippen LogP contribution in [0.2, 0.25) is 0 Å². The molecule has 0 fully saturated rings. The normalized spacial score (nSPS) is 25.7. The van der Waals surface area contributed by atoms with Gasteiger partial charge in [-0.05, 0) is 20.3 Å². The third kappa shape index (κ3) is 2.30. The summed E-state index contributed by atoms with van der Waals surface area (Å²) >= 11 is 0. The first-order chi connectivity index (χ1) is 8.69. The van der Waals surface area contributed by atoms with Crippen LogP contribution in [0.4, 0.5) is 0 Å². The Labute approximate surface area is 113 Å². The summed E-state index contributed by atoms with van der Waals surface area (Å²) in [6, 6.07) is 0. The van der Waals surface area contributed by atoms with Crippen molar-refractivity contribution in [2.45, 2.75) is 39.7 Å². The molecule has 0 aromatic rings. The van der Waals surface area contributed by atoms with Gasteiger partial charge in [-0.15, -0.1) is 0 Å². The molecule has 0 spiro atoms. The maximum atomic E-state index is 12.4. The topological polar surface area (TPSA) is 89.6 Å². The van der Waals surface area contributed by atoms with Gasteiger partial charge in [0.1, 0.15) is 5.76 Å². The van der Waals surface area contributed by atoms with Gasteiger partial charge in [-0.2, -0.15) is 0 Å². The van der Waals surface area contributed by atoms with E-state index in [4.69, 9.17) is 10.5 Å². The van der Waals surface area contributed by atoms with Crippen LogP contribution in [0, 0.1) is 5.92 Å². The number of Topliss-reactive ketones (excluding diaryl/α,β-unsaturated/α-hetero) is 2. The van der Waals surface area contributed by atoms with E-state index in [-0.39, 0.29) is 34.3 Å². The van der Waals surface area contributed by atoms with Crippen LogP contribution in [-0.4, -0.2) is 29.4 Å². The molecule has 0 unspecified atom stereocenters. The number of rotatable bonds is 4. The number of hydrogen-bond donors (Lipinski definition) is 2. The summed E-state index contributed by atoms with van der Waals surface area (Å²) in [6.45, 7) is 6.47. The largest absolute Gasteiger partial charge is 0.496 e. The zero-order chi connectivity index (χ0) is 15.0. The molecule has 0 aromatic heterocycles. The first-order valence-electron chi connectivity index (χ1n) is 6.26. The first-order valence-corrected chi connectivity index (χ1v) is 6.26. The average molecular weight is 267 g/mol. The fraction of sp³-hybridized carbons (Fsp3) is 0.571. The maximum Gasteiger partial charge on any atom is 0.199 e. The van der Waals surface area contributed by atoms with Gasteiger partial charge in [0.25, 0.3) is 0 Å². The van der Waals surface area contributed by atoms with E-state index in [2.05, 4.69) is 0 Å². The number of methoxy groups -OCH3 is 1. The predicted octanol–water partition coefficient (Wildman–Crippen LogP) is 1.07. The number of allylic oxidation sites excluding steroid dienone is 1. The van der Waals surface area contributed by atoms with Crippen molar-refractivity contribution in [3.63, 3.8) is 0 Å². The lowest BCUT2D eigenvalue weighted by atomic mass is 9.79. The van der Waals surface area contributed by atoms with Crippen molar-refractivity contribution >= 4 is 11.6 Å². The Bertz CT molecular complexity index is 486. The molecule has 0 bridgehead atoms. The molecule has 0 aliphatic heterocycles. The van der Waals surface area contributed by atoms with Crippen LogP contribution in [0.1, 0.15) is 34.1 Å². The number of hydrogen-bond acceptors (Lipinski definition) is 5. The second kappa shape index (κ2) is 5.17. The highest BCUT2D eigenvalue weighted by atomic mass is 16.5. The summed E-state index contributed by atoms with van der Waals surface area (Å²) in [5.41, 5.74) is 4.19. The molecular weight excluding hydrogens is 246 g/mol. The van der Waals surface area contributed by atoms with Gasteiger partial charge in [0.2, 0.25) is 0 Å². The molecule has 0 saturated heterocycles. The summed E-state index contributed by atoms with van der Waals surface area (Å²) in [5.74, 6) is -0.846. The molecule has 2 atom stereocenters. The van der Waals surface area contributed by atoms with Crippen molar-refractivity contribution in [1.29, 1.82) is 0 Å². The minimum Gasteiger partial charge on any atom is -0.496 e. The van der Waals surface area contributed by atoms with E-state index in [1.165, 1.54) is 21.0 Å². The molecule has 0 radical (unpaired) electrons. The maximum absolute atomic E-state index is 12.4. The van der Waals surface area contributed by atoms with Gasteiger partial charge in [-0.1, -0.05) is 13.8 Å². The van der Waals surface area contributed by atoms with Gasteiger partial charge < -0.3 is 15.6 Å². The predicted molar refractivity (Wildman–Crippen MR) is 71.0 cm³/mol. The number of nitrogens with two attached hydrogens (primary N) is 1. The Morgan fingerprint density at radius 1 is 1.53 bits per heavy atom. The lowest BCUT2D eigenvalue weighted by Crippen LogP contribution is -2.46. The van der Waals surface area contributed by atoms with Crippen molar-refractivity contribution < 1.29 is 19.4 Å². The van der Waals surface area contributed by atoms with Crippen molar-refractivity contribution in [3.05, 3.63) is 22.6 Å². The third-order valence-corrected chi connectivity index (χ3v) is 3.65. The SMILES string of the molecule is CC[C@@H](C)C(=O)C1=C(N)[C@@](C)(O)C(=O)C(C)=C1OC. The summed E-state index contributed by atoms with van der Waals surface area (Å²) in [7, 11) is 1.38. The molecule has 3 N–H and O–H groups in total. The minimum absolute atomic E-state index is 0.124. The summed E-state index contributed by atoms with van der Waals surface area (Å²) in [6.07, 6.45) is 0.641. The number of carbonyl (C=O) groups is 2. The van der Waals surface area contributed by atoms with E-state index in [1.807, 2.05) is 6.92 Å². The minimum atomic E-state index is -1.86. The van der Waals surface area contributed by atoms with Crippen LogP contribution in [0.25, 0.3) is 0 Å². The fourth-order valence-electron chi connectivity index (χ4n) is 2.08. The highest BCUT2D eigenvalue weighted by Crippen LogP contribution is 2.34.